The van der Waals surface area contributed by atoms with Crippen molar-refractivity contribution in [3.05, 3.63) is 54.8 Å². The van der Waals surface area contributed by atoms with E-state index in [1.54, 1.807) is 41.5 Å². The summed E-state index contributed by atoms with van der Waals surface area (Å²) in [6, 6.07) is 11.4. The molecule has 3 rings (SSSR count). The first kappa shape index (κ1) is 25.0. The summed E-state index contributed by atoms with van der Waals surface area (Å²) in [5.41, 5.74) is 0.735. The van der Waals surface area contributed by atoms with Crippen LogP contribution in [-0.2, 0) is 14.6 Å². The number of benzene rings is 2. The molecular formula is C23H25F2NO5S2. The van der Waals surface area contributed by atoms with Gasteiger partial charge in [-0.25, -0.2) is 13.2 Å². The van der Waals surface area contributed by atoms with Gasteiger partial charge in [0.2, 0.25) is 9.84 Å². The topological polar surface area (TPSA) is 83.9 Å². The maximum atomic E-state index is 15.5. The highest BCUT2D eigenvalue weighted by Crippen LogP contribution is 2.49. The quantitative estimate of drug-likeness (QED) is 0.284. The molecular weight excluding hydrogens is 472 g/mol. The van der Waals surface area contributed by atoms with Gasteiger partial charge in [0.1, 0.15) is 10.6 Å². The highest BCUT2D eigenvalue weighted by atomic mass is 32.2. The Labute approximate surface area is 196 Å². The fraction of sp³-hybridized carbons (Fsp3) is 0.348. The molecule has 0 saturated heterocycles. The number of thioether (sulfide) groups is 1. The molecule has 2 aromatic carbocycles. The number of alkyl halides is 2. The van der Waals surface area contributed by atoms with E-state index in [2.05, 4.69) is 0 Å². The third-order valence-corrected chi connectivity index (χ3v) is 8.16. The van der Waals surface area contributed by atoms with Crippen LogP contribution >= 0.6 is 11.8 Å². The molecule has 178 valence electrons. The Morgan fingerprint density at radius 3 is 2.61 bits per heavy atom. The van der Waals surface area contributed by atoms with Crippen LogP contribution in [0.4, 0.5) is 20.2 Å². The van der Waals surface area contributed by atoms with E-state index in [4.69, 9.17) is 9.84 Å². The molecule has 0 fully saturated rings. The Hall–Kier alpha value is -2.59. The second kappa shape index (κ2) is 10.1. The summed E-state index contributed by atoms with van der Waals surface area (Å²) >= 11 is 1.23. The molecule has 0 radical (unpaired) electrons. The lowest BCUT2D eigenvalue weighted by atomic mass is 10.0. The van der Waals surface area contributed by atoms with Crippen LogP contribution in [0, 0.1) is 5.92 Å². The van der Waals surface area contributed by atoms with Crippen molar-refractivity contribution in [3.8, 4) is 5.75 Å². The average molecular weight is 498 g/mol. The number of carboxylic acid groups (broad SMARTS) is 1. The summed E-state index contributed by atoms with van der Waals surface area (Å²) < 4.78 is 62.9. The molecule has 0 bridgehead atoms. The molecule has 1 unspecified atom stereocenters. The zero-order chi connectivity index (χ0) is 24.2. The van der Waals surface area contributed by atoms with Gasteiger partial charge < -0.3 is 14.7 Å². The summed E-state index contributed by atoms with van der Waals surface area (Å²) in [5.74, 6) is -2.69. The molecule has 2 aromatic rings. The van der Waals surface area contributed by atoms with E-state index in [0.29, 0.717) is 23.4 Å². The number of rotatable bonds is 8. The van der Waals surface area contributed by atoms with E-state index in [1.807, 2.05) is 6.92 Å². The van der Waals surface area contributed by atoms with Gasteiger partial charge in [0.05, 0.1) is 28.8 Å². The van der Waals surface area contributed by atoms with E-state index in [1.165, 1.54) is 17.8 Å². The van der Waals surface area contributed by atoms with Gasteiger partial charge in [0.25, 0.3) is 0 Å². The van der Waals surface area contributed by atoms with Gasteiger partial charge in [-0.2, -0.15) is 8.78 Å². The summed E-state index contributed by atoms with van der Waals surface area (Å²) in [4.78, 5) is 12.3. The smallest absolute Gasteiger partial charge is 0.354 e. The number of halogens is 2. The number of nitrogens with zero attached hydrogens (tertiary/aromatic N) is 1. The van der Waals surface area contributed by atoms with Crippen molar-refractivity contribution in [2.24, 2.45) is 5.92 Å². The number of fused-ring (bicyclic) bond motifs is 1. The third kappa shape index (κ3) is 5.01. The minimum atomic E-state index is -5.07. The molecule has 1 heterocycles. The van der Waals surface area contributed by atoms with Gasteiger partial charge >= 0.3 is 11.2 Å². The molecule has 1 atom stereocenters. The number of anilines is 2. The highest BCUT2D eigenvalue weighted by molar-refractivity contribution is 7.98. The first-order chi connectivity index (χ1) is 15.6. The zero-order valence-corrected chi connectivity index (χ0v) is 19.8. The molecule has 1 aliphatic heterocycles. The van der Waals surface area contributed by atoms with Crippen LogP contribution in [0.5, 0.6) is 5.75 Å². The van der Waals surface area contributed by atoms with Crippen molar-refractivity contribution in [2.45, 2.75) is 41.2 Å². The van der Waals surface area contributed by atoms with Crippen molar-refractivity contribution in [1.29, 1.82) is 0 Å². The van der Waals surface area contributed by atoms with Crippen molar-refractivity contribution in [3.63, 3.8) is 0 Å². The van der Waals surface area contributed by atoms with Crippen LogP contribution < -0.4 is 9.64 Å². The number of carbonyl (C=O) groups is 1. The Kier molecular flexibility index (Phi) is 7.69. The van der Waals surface area contributed by atoms with Gasteiger partial charge in [0, 0.05) is 18.3 Å². The van der Waals surface area contributed by atoms with E-state index in [0.717, 1.165) is 18.4 Å². The molecule has 0 aliphatic carbocycles. The number of carboxylic acids is 1. The lowest BCUT2D eigenvalue weighted by Gasteiger charge is -2.29. The minimum absolute atomic E-state index is 0.0156. The average Bonchev–Trinajstić information content (AvgIpc) is 2.84. The number of ether oxygens (including phenoxy) is 1. The number of aliphatic carboxylic acids is 1. The van der Waals surface area contributed by atoms with Gasteiger partial charge in [-0.1, -0.05) is 38.0 Å². The summed E-state index contributed by atoms with van der Waals surface area (Å²) in [6.07, 6.45) is 4.53. The van der Waals surface area contributed by atoms with Crippen LogP contribution in [0.3, 0.4) is 0 Å². The maximum absolute atomic E-state index is 15.5. The minimum Gasteiger partial charge on any atom is -0.478 e. The number of para-hydroxylation sites is 1. The monoisotopic (exact) mass is 497 g/mol. The normalized spacial score (nSPS) is 19.2. The molecule has 10 heteroatoms. The second-order valence-electron chi connectivity index (χ2n) is 7.58. The summed E-state index contributed by atoms with van der Waals surface area (Å²) in [7, 11) is -5.07. The Bertz CT molecular complexity index is 1140. The number of unbranched alkanes of at least 4 members (excludes halogenated alkanes) is 1. The fourth-order valence-electron chi connectivity index (χ4n) is 3.73. The van der Waals surface area contributed by atoms with E-state index in [9.17, 15) is 13.2 Å². The lowest BCUT2D eigenvalue weighted by molar-refractivity contribution is -0.131. The summed E-state index contributed by atoms with van der Waals surface area (Å²) in [6.45, 7) is 1.70. The van der Waals surface area contributed by atoms with Crippen molar-refractivity contribution >= 4 is 38.9 Å². The standard InChI is InChI=1S/C23H25F2NO5S2/c1-3-4-8-16-15-26(17-9-6-5-7-10-17)18-13-20(32-2)19(31-12-11-22(27)28)14-21(18)33(29,30)23(16,24)25/h5-7,9-14,16H,3-4,8,15H2,1-2H3,(H,27,28)/b12-11+. The van der Waals surface area contributed by atoms with Crippen LogP contribution in [0.25, 0.3) is 0 Å². The Morgan fingerprint density at radius 2 is 2.00 bits per heavy atom. The van der Waals surface area contributed by atoms with Gasteiger partial charge in [0.15, 0.2) is 0 Å². The first-order valence-electron chi connectivity index (χ1n) is 10.4. The SMILES string of the molecule is CCCCC1CN(c2ccccc2)c2cc(SC)c(O/C=C/C(=O)O)cc2S(=O)(=O)C1(F)F. The van der Waals surface area contributed by atoms with Crippen LogP contribution in [0.2, 0.25) is 0 Å². The molecule has 0 spiro atoms. The Morgan fingerprint density at radius 1 is 1.30 bits per heavy atom. The Balaban J connectivity index is 2.26. The maximum Gasteiger partial charge on any atom is 0.354 e. The number of hydrogen-bond donors (Lipinski definition) is 1. The third-order valence-electron chi connectivity index (χ3n) is 5.44. The predicted octanol–water partition coefficient (Wildman–Crippen LogP) is 5.71. The fourth-order valence-corrected chi connectivity index (χ4v) is 5.90. The van der Waals surface area contributed by atoms with Crippen LogP contribution in [0.15, 0.2) is 64.6 Å². The number of hydrogen-bond acceptors (Lipinski definition) is 6. The zero-order valence-electron chi connectivity index (χ0n) is 18.2. The van der Waals surface area contributed by atoms with Crippen molar-refractivity contribution in [2.75, 3.05) is 17.7 Å². The van der Waals surface area contributed by atoms with Crippen LogP contribution in [0.1, 0.15) is 26.2 Å². The lowest BCUT2D eigenvalue weighted by Crippen LogP contribution is -2.40. The first-order valence-corrected chi connectivity index (χ1v) is 13.1. The molecule has 1 aliphatic rings. The molecule has 1 N–H and O–H groups in total. The van der Waals surface area contributed by atoms with E-state index < -0.39 is 31.9 Å². The highest BCUT2D eigenvalue weighted by Gasteiger charge is 2.56. The van der Waals surface area contributed by atoms with Crippen molar-refractivity contribution < 1.29 is 31.8 Å². The summed E-state index contributed by atoms with van der Waals surface area (Å²) in [5, 5.41) is 4.80. The van der Waals surface area contributed by atoms with Gasteiger partial charge in [-0.3, -0.25) is 0 Å². The van der Waals surface area contributed by atoms with Gasteiger partial charge in [-0.05, 0) is 30.9 Å². The van der Waals surface area contributed by atoms with Crippen molar-refractivity contribution in [1.82, 2.24) is 0 Å². The molecule has 0 aromatic heterocycles. The largest absolute Gasteiger partial charge is 0.478 e. The second-order valence-corrected chi connectivity index (χ2v) is 10.4. The van der Waals surface area contributed by atoms with Crippen LogP contribution in [-0.4, -0.2) is 37.5 Å². The molecule has 0 amide bonds. The molecule has 6 nitrogen and oxygen atoms in total. The molecule has 33 heavy (non-hydrogen) atoms. The number of sulfone groups is 1. The van der Waals surface area contributed by atoms with Gasteiger partial charge in [-0.15, -0.1) is 11.8 Å². The molecule has 0 saturated carbocycles. The van der Waals surface area contributed by atoms with E-state index >= 15 is 8.78 Å². The van der Waals surface area contributed by atoms with E-state index in [-0.39, 0.29) is 24.4 Å². The predicted molar refractivity (Wildman–Crippen MR) is 124 cm³/mol.